The SMILES string of the molecule is [CH2]C(=O)N[C@@H]1CCc2cccc(Cn3c(=O)oc4cc(S(=O)(=O)Nc5ncns5)c(F)cc43)c2C1. The molecule has 0 aliphatic heterocycles. The van der Waals surface area contributed by atoms with Crippen molar-refractivity contribution in [3.05, 3.63) is 76.6 Å². The number of halogens is 1. The number of amides is 1. The van der Waals surface area contributed by atoms with E-state index in [4.69, 9.17) is 4.42 Å². The largest absolute Gasteiger partial charge is 0.420 e. The first kappa shape index (κ1) is 23.2. The van der Waals surface area contributed by atoms with Crippen LogP contribution in [0.2, 0.25) is 0 Å². The Morgan fingerprint density at radius 2 is 2.17 bits per heavy atom. The van der Waals surface area contributed by atoms with Gasteiger partial charge in [0, 0.05) is 36.6 Å². The number of fused-ring (bicyclic) bond motifs is 2. The Hall–Kier alpha value is -3.58. The molecule has 0 saturated heterocycles. The minimum Gasteiger partial charge on any atom is -0.408 e. The molecule has 1 radical (unpaired) electrons. The molecule has 10 nitrogen and oxygen atoms in total. The molecule has 1 aliphatic carbocycles. The van der Waals surface area contributed by atoms with Crippen LogP contribution in [0.3, 0.4) is 0 Å². The fourth-order valence-electron chi connectivity index (χ4n) is 4.34. The number of sulfonamides is 1. The minimum absolute atomic E-state index is 0.0225. The molecule has 35 heavy (non-hydrogen) atoms. The van der Waals surface area contributed by atoms with Crippen molar-refractivity contribution >= 4 is 43.7 Å². The van der Waals surface area contributed by atoms with Gasteiger partial charge in [0.25, 0.3) is 10.0 Å². The number of carbonyl (C=O) groups excluding carboxylic acids is 1. The van der Waals surface area contributed by atoms with Crippen molar-refractivity contribution in [3.8, 4) is 0 Å². The molecular weight excluding hydrogens is 497 g/mol. The van der Waals surface area contributed by atoms with Crippen molar-refractivity contribution in [2.45, 2.75) is 36.7 Å². The third-order valence-electron chi connectivity index (χ3n) is 5.87. The average Bonchev–Trinajstić information content (AvgIpc) is 3.40. The van der Waals surface area contributed by atoms with Crippen LogP contribution in [0.4, 0.5) is 9.52 Å². The number of hydrogen-bond acceptors (Lipinski definition) is 8. The zero-order valence-corrected chi connectivity index (χ0v) is 19.8. The van der Waals surface area contributed by atoms with Crippen molar-refractivity contribution in [2.24, 2.45) is 0 Å². The molecular formula is C22H19FN5O5S2. The van der Waals surface area contributed by atoms with E-state index in [0.717, 1.165) is 53.2 Å². The van der Waals surface area contributed by atoms with Crippen molar-refractivity contribution in [2.75, 3.05) is 4.72 Å². The highest BCUT2D eigenvalue weighted by atomic mass is 32.2. The molecule has 0 saturated carbocycles. The molecule has 1 amide bonds. The Morgan fingerprint density at radius 3 is 2.91 bits per heavy atom. The normalized spacial score (nSPS) is 15.7. The summed E-state index contributed by atoms with van der Waals surface area (Å²) >= 11 is 0.798. The number of hydrogen-bond donors (Lipinski definition) is 2. The highest BCUT2D eigenvalue weighted by molar-refractivity contribution is 7.93. The number of aromatic nitrogens is 3. The molecule has 13 heteroatoms. The predicted molar refractivity (Wildman–Crippen MR) is 126 cm³/mol. The molecule has 0 unspecified atom stereocenters. The summed E-state index contributed by atoms with van der Waals surface area (Å²) in [6.07, 6.45) is 3.27. The zero-order valence-electron chi connectivity index (χ0n) is 18.2. The van der Waals surface area contributed by atoms with E-state index in [0.29, 0.717) is 6.42 Å². The van der Waals surface area contributed by atoms with Gasteiger partial charge in [-0.25, -0.2) is 22.6 Å². The molecule has 1 atom stereocenters. The van der Waals surface area contributed by atoms with Gasteiger partial charge < -0.3 is 9.73 Å². The van der Waals surface area contributed by atoms with Crippen LogP contribution in [0, 0.1) is 12.7 Å². The number of oxazole rings is 1. The van der Waals surface area contributed by atoms with Gasteiger partial charge in [0.2, 0.25) is 11.0 Å². The van der Waals surface area contributed by atoms with Crippen molar-refractivity contribution in [1.82, 2.24) is 19.2 Å². The summed E-state index contributed by atoms with van der Waals surface area (Å²) in [4.78, 5) is 27.1. The van der Waals surface area contributed by atoms with E-state index in [1.54, 1.807) is 0 Å². The van der Waals surface area contributed by atoms with Crippen molar-refractivity contribution in [1.29, 1.82) is 0 Å². The predicted octanol–water partition coefficient (Wildman–Crippen LogP) is 2.24. The molecule has 2 N–H and O–H groups in total. The van der Waals surface area contributed by atoms with Gasteiger partial charge in [0.1, 0.15) is 17.0 Å². The second-order valence-electron chi connectivity index (χ2n) is 8.12. The number of nitrogens with one attached hydrogen (secondary N) is 2. The summed E-state index contributed by atoms with van der Waals surface area (Å²) in [5, 5.41) is 2.81. The van der Waals surface area contributed by atoms with Crippen LogP contribution in [0.5, 0.6) is 0 Å². The van der Waals surface area contributed by atoms with E-state index < -0.39 is 26.5 Å². The van der Waals surface area contributed by atoms with Gasteiger partial charge in [0.15, 0.2) is 5.58 Å². The molecule has 1 aliphatic rings. The van der Waals surface area contributed by atoms with E-state index in [-0.39, 0.29) is 34.7 Å². The van der Waals surface area contributed by atoms with Crippen LogP contribution >= 0.6 is 11.5 Å². The minimum atomic E-state index is -4.32. The molecule has 2 aromatic heterocycles. The van der Waals surface area contributed by atoms with E-state index in [1.165, 1.54) is 10.9 Å². The fraction of sp³-hybridized carbons (Fsp3) is 0.227. The van der Waals surface area contributed by atoms with Crippen LogP contribution in [0.15, 0.2) is 50.8 Å². The quantitative estimate of drug-likeness (QED) is 0.401. The van der Waals surface area contributed by atoms with Crippen molar-refractivity contribution in [3.63, 3.8) is 0 Å². The molecule has 0 fully saturated rings. The Bertz CT molecular complexity index is 1590. The molecule has 181 valence electrons. The molecule has 5 rings (SSSR count). The highest BCUT2D eigenvalue weighted by Gasteiger charge is 2.25. The first-order chi connectivity index (χ1) is 16.7. The monoisotopic (exact) mass is 516 g/mol. The lowest BCUT2D eigenvalue weighted by Crippen LogP contribution is -2.38. The Balaban J connectivity index is 1.50. The molecule has 0 bridgehead atoms. The number of nitrogens with zero attached hydrogens (tertiary/aromatic N) is 3. The summed E-state index contributed by atoms with van der Waals surface area (Å²) in [6.45, 7) is 3.47. The van der Waals surface area contributed by atoms with Crippen molar-refractivity contribution < 1.29 is 22.0 Å². The van der Waals surface area contributed by atoms with Gasteiger partial charge in [-0.15, -0.1) is 0 Å². The highest BCUT2D eigenvalue weighted by Crippen LogP contribution is 2.28. The van der Waals surface area contributed by atoms with Gasteiger partial charge in [-0.2, -0.15) is 4.37 Å². The maximum atomic E-state index is 15.0. The van der Waals surface area contributed by atoms with Gasteiger partial charge in [-0.1, -0.05) is 18.2 Å². The van der Waals surface area contributed by atoms with Crippen LogP contribution in [-0.2, 0) is 34.2 Å². The van der Waals surface area contributed by atoms with E-state index in [9.17, 15) is 22.4 Å². The third kappa shape index (κ3) is 4.56. The van der Waals surface area contributed by atoms with Crippen LogP contribution in [0.1, 0.15) is 23.1 Å². The average molecular weight is 517 g/mol. The lowest BCUT2D eigenvalue weighted by atomic mass is 9.85. The first-order valence-electron chi connectivity index (χ1n) is 10.6. The summed E-state index contributed by atoms with van der Waals surface area (Å²) in [5.41, 5.74) is 2.99. The number of aryl methyl sites for hydroxylation is 1. The lowest BCUT2D eigenvalue weighted by molar-refractivity contribution is -0.117. The second kappa shape index (κ2) is 8.89. The van der Waals surface area contributed by atoms with Gasteiger partial charge in [-0.3, -0.25) is 14.1 Å². The zero-order chi connectivity index (χ0) is 24.7. The van der Waals surface area contributed by atoms with Crippen LogP contribution < -0.4 is 15.8 Å². The molecule has 2 heterocycles. The van der Waals surface area contributed by atoms with Crippen LogP contribution in [0.25, 0.3) is 11.1 Å². The van der Waals surface area contributed by atoms with E-state index in [1.807, 2.05) is 18.2 Å². The van der Waals surface area contributed by atoms with Crippen LogP contribution in [-0.4, -0.2) is 34.3 Å². The fourth-order valence-corrected chi connectivity index (χ4v) is 6.08. The summed E-state index contributed by atoms with van der Waals surface area (Å²) < 4.78 is 52.6. The van der Waals surface area contributed by atoms with Gasteiger partial charge >= 0.3 is 5.76 Å². The number of benzene rings is 2. The summed E-state index contributed by atoms with van der Waals surface area (Å²) in [5.74, 6) is -2.14. The topological polar surface area (TPSA) is 136 Å². The Kier molecular flexibility index (Phi) is 5.89. The number of rotatable bonds is 6. The Labute approximate surface area is 203 Å². The molecule has 2 aromatic carbocycles. The Morgan fingerprint density at radius 1 is 1.34 bits per heavy atom. The second-order valence-corrected chi connectivity index (χ2v) is 10.5. The number of carbonyl (C=O) groups is 1. The summed E-state index contributed by atoms with van der Waals surface area (Å²) in [6, 6.07) is 7.62. The standard InChI is InChI=1S/C22H19FN5O5S2/c1-12(29)26-15-6-5-13-3-2-4-14(16(13)7-15)10-28-18-8-17(23)20(9-19(18)33-22(28)30)35(31,32)27-21-24-11-25-34-21/h2-4,8-9,11,15H,1,5-7,10H2,(H,26,29)(H,24,25,27)/t15-/m1/s1. The number of anilines is 1. The van der Waals surface area contributed by atoms with E-state index in [2.05, 4.69) is 26.3 Å². The maximum Gasteiger partial charge on any atom is 0.420 e. The van der Waals surface area contributed by atoms with Gasteiger partial charge in [0.05, 0.1) is 12.1 Å². The summed E-state index contributed by atoms with van der Waals surface area (Å²) in [7, 11) is -4.32. The molecule has 0 spiro atoms. The molecule has 4 aromatic rings. The van der Waals surface area contributed by atoms with E-state index >= 15 is 0 Å². The first-order valence-corrected chi connectivity index (χ1v) is 12.8. The third-order valence-corrected chi connectivity index (χ3v) is 7.93. The maximum absolute atomic E-state index is 15.0. The lowest BCUT2D eigenvalue weighted by Gasteiger charge is -2.27. The smallest absolute Gasteiger partial charge is 0.408 e. The van der Waals surface area contributed by atoms with Gasteiger partial charge in [-0.05, 0) is 36.0 Å².